The van der Waals surface area contributed by atoms with Gasteiger partial charge in [-0.2, -0.15) is 10.1 Å². The van der Waals surface area contributed by atoms with Crippen molar-refractivity contribution < 1.29 is 14.3 Å². The van der Waals surface area contributed by atoms with E-state index in [-0.39, 0.29) is 5.91 Å². The van der Waals surface area contributed by atoms with Gasteiger partial charge in [-0.1, -0.05) is 0 Å². The first-order chi connectivity index (χ1) is 13.1. The van der Waals surface area contributed by atoms with E-state index in [0.717, 1.165) is 43.1 Å². The maximum absolute atomic E-state index is 11.1. The highest BCUT2D eigenvalue weighted by Gasteiger charge is 2.40. The highest BCUT2D eigenvalue weighted by Crippen LogP contribution is 2.32. The molecule has 0 saturated carbocycles. The molecule has 27 heavy (non-hydrogen) atoms. The van der Waals surface area contributed by atoms with Crippen molar-refractivity contribution in [1.82, 2.24) is 15.2 Å². The van der Waals surface area contributed by atoms with Crippen LogP contribution in [0, 0.1) is 0 Å². The van der Waals surface area contributed by atoms with Crippen molar-refractivity contribution in [2.24, 2.45) is 0 Å². The van der Waals surface area contributed by atoms with Gasteiger partial charge in [-0.15, -0.1) is 5.10 Å². The minimum atomic E-state index is -0.409. The molecule has 2 N–H and O–H groups in total. The normalized spacial score (nSPS) is 18.5. The van der Waals surface area contributed by atoms with E-state index < -0.39 is 5.79 Å². The summed E-state index contributed by atoms with van der Waals surface area (Å²) >= 11 is 0. The van der Waals surface area contributed by atoms with Crippen molar-refractivity contribution in [2.45, 2.75) is 25.6 Å². The van der Waals surface area contributed by atoms with Crippen molar-refractivity contribution in [3.05, 3.63) is 30.5 Å². The van der Waals surface area contributed by atoms with Crippen molar-refractivity contribution in [2.75, 3.05) is 41.8 Å². The van der Waals surface area contributed by atoms with Gasteiger partial charge in [0.2, 0.25) is 11.9 Å². The van der Waals surface area contributed by atoms with Crippen LogP contribution in [0.5, 0.6) is 0 Å². The number of rotatable bonds is 4. The lowest BCUT2D eigenvalue weighted by molar-refractivity contribution is -0.169. The molecule has 4 rings (SSSR count). The Morgan fingerprint density at radius 2 is 1.78 bits per heavy atom. The molecule has 0 bridgehead atoms. The Bertz CT molecular complexity index is 797. The molecular weight excluding hydrogens is 348 g/mol. The van der Waals surface area contributed by atoms with Crippen LogP contribution in [-0.2, 0) is 14.3 Å². The van der Waals surface area contributed by atoms with Gasteiger partial charge >= 0.3 is 0 Å². The third-order valence-electron chi connectivity index (χ3n) is 4.67. The molecule has 3 heterocycles. The Morgan fingerprint density at radius 3 is 2.44 bits per heavy atom. The van der Waals surface area contributed by atoms with E-state index in [2.05, 4.69) is 30.7 Å². The summed E-state index contributed by atoms with van der Waals surface area (Å²) in [5.41, 5.74) is 1.55. The van der Waals surface area contributed by atoms with Gasteiger partial charge in [0.15, 0.2) is 11.6 Å². The van der Waals surface area contributed by atoms with E-state index in [1.54, 1.807) is 6.20 Å². The molecule has 0 unspecified atom stereocenters. The third kappa shape index (κ3) is 4.15. The maximum atomic E-state index is 11.1. The molecule has 0 radical (unpaired) electrons. The average Bonchev–Trinajstić information content (AvgIpc) is 3.12. The summed E-state index contributed by atoms with van der Waals surface area (Å²) in [5, 5.41) is 14.0. The van der Waals surface area contributed by atoms with Gasteiger partial charge < -0.3 is 25.0 Å². The average molecular weight is 370 g/mol. The molecule has 2 saturated heterocycles. The van der Waals surface area contributed by atoms with Crippen LogP contribution >= 0.6 is 0 Å². The van der Waals surface area contributed by atoms with Gasteiger partial charge in [0.25, 0.3) is 0 Å². The lowest BCUT2D eigenvalue weighted by atomic mass is 10.0. The van der Waals surface area contributed by atoms with Gasteiger partial charge in [0.1, 0.15) is 0 Å². The summed E-state index contributed by atoms with van der Waals surface area (Å²) in [4.78, 5) is 17.8. The summed E-state index contributed by atoms with van der Waals surface area (Å²) < 4.78 is 11.5. The minimum absolute atomic E-state index is 0.104. The highest BCUT2D eigenvalue weighted by molar-refractivity contribution is 5.88. The maximum Gasteiger partial charge on any atom is 0.249 e. The number of hydrogen-bond acceptors (Lipinski definition) is 8. The molecule has 1 aromatic heterocycles. The predicted octanol–water partition coefficient (Wildman–Crippen LogP) is 1.92. The number of piperidine rings is 1. The molecule has 2 aromatic rings. The fourth-order valence-corrected chi connectivity index (χ4v) is 3.33. The monoisotopic (exact) mass is 370 g/mol. The number of hydrogen-bond donors (Lipinski definition) is 2. The molecule has 1 spiro atoms. The second-order valence-electron chi connectivity index (χ2n) is 6.62. The zero-order valence-corrected chi connectivity index (χ0v) is 15.1. The molecule has 142 valence electrons. The zero-order valence-electron chi connectivity index (χ0n) is 15.1. The predicted molar refractivity (Wildman–Crippen MR) is 99.9 cm³/mol. The Kier molecular flexibility index (Phi) is 4.87. The lowest BCUT2D eigenvalue weighted by Gasteiger charge is -2.37. The van der Waals surface area contributed by atoms with Crippen molar-refractivity contribution in [3.8, 4) is 0 Å². The quantitative estimate of drug-likeness (QED) is 0.842. The number of ether oxygens (including phenoxy) is 2. The van der Waals surface area contributed by atoms with Crippen LogP contribution in [0.3, 0.4) is 0 Å². The first kappa shape index (κ1) is 17.6. The lowest BCUT2D eigenvalue weighted by Crippen LogP contribution is -2.45. The molecule has 0 atom stereocenters. The highest BCUT2D eigenvalue weighted by atomic mass is 16.7. The first-order valence-corrected chi connectivity index (χ1v) is 8.99. The Labute approximate surface area is 157 Å². The van der Waals surface area contributed by atoms with Crippen LogP contribution in [0.1, 0.15) is 19.8 Å². The second-order valence-corrected chi connectivity index (χ2v) is 6.62. The first-order valence-electron chi connectivity index (χ1n) is 8.99. The number of benzene rings is 1. The second kappa shape index (κ2) is 7.45. The van der Waals surface area contributed by atoms with Gasteiger partial charge in [-0.25, -0.2) is 0 Å². The van der Waals surface area contributed by atoms with Crippen LogP contribution < -0.4 is 15.5 Å². The van der Waals surface area contributed by atoms with Crippen LogP contribution in [-0.4, -0.2) is 53.2 Å². The van der Waals surface area contributed by atoms with Crippen molar-refractivity contribution in [3.63, 3.8) is 0 Å². The molecule has 2 fully saturated rings. The number of nitrogens with one attached hydrogen (secondary N) is 2. The van der Waals surface area contributed by atoms with Gasteiger partial charge in [0, 0.05) is 44.2 Å². The van der Waals surface area contributed by atoms with Crippen molar-refractivity contribution in [1.29, 1.82) is 0 Å². The van der Waals surface area contributed by atoms with Gasteiger partial charge in [0.05, 0.1) is 19.4 Å². The summed E-state index contributed by atoms with van der Waals surface area (Å²) in [6, 6.07) is 7.32. The van der Waals surface area contributed by atoms with E-state index in [9.17, 15) is 4.79 Å². The minimum Gasteiger partial charge on any atom is -0.355 e. The van der Waals surface area contributed by atoms with Crippen LogP contribution in [0.15, 0.2) is 30.5 Å². The Balaban J connectivity index is 1.40. The number of amides is 1. The van der Waals surface area contributed by atoms with E-state index in [0.29, 0.717) is 19.2 Å². The number of nitrogens with zero attached hydrogens (tertiary/aromatic N) is 4. The largest absolute Gasteiger partial charge is 0.355 e. The Morgan fingerprint density at radius 1 is 1.11 bits per heavy atom. The van der Waals surface area contributed by atoms with Crippen LogP contribution in [0.2, 0.25) is 0 Å². The fourth-order valence-electron chi connectivity index (χ4n) is 3.33. The van der Waals surface area contributed by atoms with Crippen molar-refractivity contribution >= 4 is 29.0 Å². The molecular formula is C18H22N6O3. The van der Waals surface area contributed by atoms with Crippen LogP contribution in [0.4, 0.5) is 23.1 Å². The van der Waals surface area contributed by atoms with Gasteiger partial charge in [-0.05, 0) is 24.3 Å². The molecule has 9 nitrogen and oxygen atoms in total. The molecule has 9 heteroatoms. The van der Waals surface area contributed by atoms with Crippen LogP contribution in [0.25, 0.3) is 0 Å². The fraction of sp³-hybridized carbons (Fsp3) is 0.444. The van der Waals surface area contributed by atoms with E-state index >= 15 is 0 Å². The van der Waals surface area contributed by atoms with Gasteiger partial charge in [-0.3, -0.25) is 4.79 Å². The zero-order chi connectivity index (χ0) is 18.7. The molecule has 1 amide bonds. The molecule has 2 aliphatic rings. The summed E-state index contributed by atoms with van der Waals surface area (Å²) in [5.74, 6) is 0.685. The van der Waals surface area contributed by atoms with E-state index in [1.807, 2.05) is 24.3 Å². The summed E-state index contributed by atoms with van der Waals surface area (Å²) in [6.45, 7) is 4.41. The number of aromatic nitrogens is 3. The Hall–Kier alpha value is -2.78. The molecule has 0 aliphatic carbocycles. The smallest absolute Gasteiger partial charge is 0.249 e. The standard InChI is InChI=1S/C18H22N6O3/c1-13(25)20-14-2-4-15(5-3-14)21-17-22-16(12-19-23-17)24-8-6-18(7-9-24)26-10-11-27-18/h2-5,12H,6-11H2,1H3,(H,20,25)(H,21,22,23). The molecule has 2 aliphatic heterocycles. The molecule has 1 aromatic carbocycles. The SMILES string of the molecule is CC(=O)Nc1ccc(Nc2nncc(N3CCC4(CC3)OCCO4)n2)cc1. The summed E-state index contributed by atoms with van der Waals surface area (Å²) in [6.07, 6.45) is 3.29. The van der Waals surface area contributed by atoms with E-state index in [1.165, 1.54) is 6.92 Å². The number of carbonyl (C=O) groups excluding carboxylic acids is 1. The van der Waals surface area contributed by atoms with E-state index in [4.69, 9.17) is 9.47 Å². The summed E-state index contributed by atoms with van der Waals surface area (Å²) in [7, 11) is 0. The third-order valence-corrected chi connectivity index (χ3v) is 4.67. The number of carbonyl (C=O) groups is 1. The topological polar surface area (TPSA) is 102 Å². The number of anilines is 4.